The Kier molecular flexibility index (Phi) is 3.43. The summed E-state index contributed by atoms with van der Waals surface area (Å²) < 4.78 is 18.3. The first-order valence-corrected chi connectivity index (χ1v) is 4.30. The van der Waals surface area contributed by atoms with E-state index in [-0.39, 0.29) is 6.61 Å². The molecular weight excluding hydrogens is 185 g/mol. The molecule has 0 aliphatic carbocycles. The van der Waals surface area contributed by atoms with Crippen molar-refractivity contribution in [1.29, 1.82) is 0 Å². The van der Waals surface area contributed by atoms with Crippen molar-refractivity contribution in [2.24, 2.45) is 5.73 Å². The fourth-order valence-electron chi connectivity index (χ4n) is 1.29. The molecule has 0 spiro atoms. The Morgan fingerprint density at radius 2 is 2.21 bits per heavy atom. The van der Waals surface area contributed by atoms with E-state index in [1.807, 2.05) is 0 Å². The number of hydrogen-bond donors (Lipinski definition) is 2. The predicted molar refractivity (Wildman–Crippen MR) is 51.7 cm³/mol. The molecule has 0 saturated heterocycles. The normalized spacial score (nSPS) is 12.6. The van der Waals surface area contributed by atoms with Gasteiger partial charge in [-0.1, -0.05) is 0 Å². The van der Waals surface area contributed by atoms with E-state index >= 15 is 0 Å². The lowest BCUT2D eigenvalue weighted by molar-refractivity contribution is 0.265. The fourth-order valence-corrected chi connectivity index (χ4v) is 1.29. The van der Waals surface area contributed by atoms with Gasteiger partial charge in [-0.2, -0.15) is 0 Å². The van der Waals surface area contributed by atoms with E-state index in [0.29, 0.717) is 11.3 Å². The third-order valence-corrected chi connectivity index (χ3v) is 2.11. The number of aliphatic hydroxyl groups excluding tert-OH is 1. The minimum Gasteiger partial charge on any atom is -0.496 e. The van der Waals surface area contributed by atoms with Gasteiger partial charge in [-0.25, -0.2) is 4.39 Å². The number of ether oxygens (including phenoxy) is 1. The number of benzene rings is 1. The minimum atomic E-state index is -0.681. The molecule has 0 radical (unpaired) electrons. The molecule has 1 unspecified atom stereocenters. The number of halogens is 1. The van der Waals surface area contributed by atoms with Crippen LogP contribution in [0.2, 0.25) is 0 Å². The molecule has 0 heterocycles. The van der Waals surface area contributed by atoms with Crippen LogP contribution in [0.15, 0.2) is 12.1 Å². The van der Waals surface area contributed by atoms with Gasteiger partial charge in [-0.05, 0) is 18.6 Å². The van der Waals surface area contributed by atoms with Crippen molar-refractivity contribution in [1.82, 2.24) is 0 Å². The van der Waals surface area contributed by atoms with Crippen molar-refractivity contribution in [2.75, 3.05) is 13.7 Å². The fraction of sp³-hybridized carbons (Fsp3) is 0.400. The molecule has 1 rings (SSSR count). The topological polar surface area (TPSA) is 55.5 Å². The van der Waals surface area contributed by atoms with E-state index in [4.69, 9.17) is 15.6 Å². The molecule has 0 aliphatic rings. The Morgan fingerprint density at radius 3 is 2.71 bits per heavy atom. The molecule has 3 nitrogen and oxygen atoms in total. The standard InChI is InChI=1S/C10H14FNO2/c1-6-3-7(9(12)5-13)8(11)4-10(6)14-2/h3-4,9,13H,5,12H2,1-2H3. The highest BCUT2D eigenvalue weighted by atomic mass is 19.1. The Morgan fingerprint density at radius 1 is 1.57 bits per heavy atom. The van der Waals surface area contributed by atoms with Crippen LogP contribution < -0.4 is 10.5 Å². The van der Waals surface area contributed by atoms with Crippen LogP contribution in [0, 0.1) is 12.7 Å². The lowest BCUT2D eigenvalue weighted by Crippen LogP contribution is -2.16. The zero-order chi connectivity index (χ0) is 10.7. The first-order chi connectivity index (χ1) is 6.60. The van der Waals surface area contributed by atoms with Crippen LogP contribution in [0.4, 0.5) is 4.39 Å². The Labute approximate surface area is 82.3 Å². The van der Waals surface area contributed by atoms with E-state index in [1.54, 1.807) is 13.0 Å². The summed E-state index contributed by atoms with van der Waals surface area (Å²) in [6.45, 7) is 1.52. The number of hydrogen-bond acceptors (Lipinski definition) is 3. The Hall–Kier alpha value is -1.13. The van der Waals surface area contributed by atoms with Crippen LogP contribution in [0.25, 0.3) is 0 Å². The zero-order valence-corrected chi connectivity index (χ0v) is 8.25. The second-order valence-electron chi connectivity index (χ2n) is 3.13. The molecule has 1 aromatic carbocycles. The second kappa shape index (κ2) is 4.39. The van der Waals surface area contributed by atoms with Crippen molar-refractivity contribution in [2.45, 2.75) is 13.0 Å². The summed E-state index contributed by atoms with van der Waals surface area (Å²) in [4.78, 5) is 0. The number of rotatable bonds is 3. The van der Waals surface area contributed by atoms with E-state index in [2.05, 4.69) is 0 Å². The maximum absolute atomic E-state index is 13.4. The molecule has 1 aromatic rings. The molecule has 0 amide bonds. The molecule has 78 valence electrons. The van der Waals surface area contributed by atoms with Gasteiger partial charge in [0.05, 0.1) is 19.8 Å². The highest BCUT2D eigenvalue weighted by Crippen LogP contribution is 2.24. The number of methoxy groups -OCH3 is 1. The monoisotopic (exact) mass is 199 g/mol. The lowest BCUT2D eigenvalue weighted by atomic mass is 10.0. The lowest BCUT2D eigenvalue weighted by Gasteiger charge is -2.13. The van der Waals surface area contributed by atoms with Crippen molar-refractivity contribution in [3.63, 3.8) is 0 Å². The largest absolute Gasteiger partial charge is 0.496 e. The number of nitrogens with two attached hydrogens (primary N) is 1. The van der Waals surface area contributed by atoms with E-state index in [1.165, 1.54) is 13.2 Å². The third-order valence-electron chi connectivity index (χ3n) is 2.11. The quantitative estimate of drug-likeness (QED) is 0.767. The first-order valence-electron chi connectivity index (χ1n) is 4.30. The van der Waals surface area contributed by atoms with Gasteiger partial charge >= 0.3 is 0 Å². The molecule has 4 heteroatoms. The van der Waals surface area contributed by atoms with Gasteiger partial charge < -0.3 is 15.6 Å². The van der Waals surface area contributed by atoms with Crippen molar-refractivity contribution in [3.05, 3.63) is 29.1 Å². The molecule has 0 saturated carbocycles. The zero-order valence-electron chi connectivity index (χ0n) is 8.25. The summed E-state index contributed by atoms with van der Waals surface area (Å²) in [7, 11) is 1.48. The summed E-state index contributed by atoms with van der Waals surface area (Å²) in [5, 5.41) is 8.81. The molecule has 14 heavy (non-hydrogen) atoms. The van der Waals surface area contributed by atoms with Crippen LogP contribution in [0.3, 0.4) is 0 Å². The second-order valence-corrected chi connectivity index (χ2v) is 3.13. The van der Waals surface area contributed by atoms with Gasteiger partial charge in [0.2, 0.25) is 0 Å². The highest BCUT2D eigenvalue weighted by Gasteiger charge is 2.13. The van der Waals surface area contributed by atoms with Crippen molar-refractivity contribution >= 4 is 0 Å². The summed E-state index contributed by atoms with van der Waals surface area (Å²) >= 11 is 0. The van der Waals surface area contributed by atoms with E-state index < -0.39 is 11.9 Å². The highest BCUT2D eigenvalue weighted by molar-refractivity contribution is 5.38. The van der Waals surface area contributed by atoms with Crippen molar-refractivity contribution < 1.29 is 14.2 Å². The maximum Gasteiger partial charge on any atom is 0.131 e. The predicted octanol–water partition coefficient (Wildman–Crippen LogP) is 1.13. The van der Waals surface area contributed by atoms with Crippen LogP contribution in [-0.2, 0) is 0 Å². The average molecular weight is 199 g/mol. The van der Waals surface area contributed by atoms with Crippen LogP contribution in [0.1, 0.15) is 17.2 Å². The van der Waals surface area contributed by atoms with E-state index in [0.717, 1.165) is 5.56 Å². The molecule has 0 aliphatic heterocycles. The number of aliphatic hydroxyl groups is 1. The molecule has 0 bridgehead atoms. The van der Waals surface area contributed by atoms with Gasteiger partial charge in [0.15, 0.2) is 0 Å². The molecule has 0 aromatic heterocycles. The summed E-state index contributed by atoms with van der Waals surface area (Å²) in [5.41, 5.74) is 6.63. The summed E-state index contributed by atoms with van der Waals surface area (Å²) in [6, 6.07) is 2.19. The summed E-state index contributed by atoms with van der Waals surface area (Å²) in [6.07, 6.45) is 0. The van der Waals surface area contributed by atoms with Gasteiger partial charge in [0, 0.05) is 11.6 Å². The molecule has 3 N–H and O–H groups in total. The van der Waals surface area contributed by atoms with Crippen LogP contribution in [-0.4, -0.2) is 18.8 Å². The van der Waals surface area contributed by atoms with Crippen molar-refractivity contribution in [3.8, 4) is 5.75 Å². The maximum atomic E-state index is 13.4. The number of aryl methyl sites for hydroxylation is 1. The van der Waals surface area contributed by atoms with Crippen LogP contribution in [0.5, 0.6) is 5.75 Å². The van der Waals surface area contributed by atoms with Gasteiger partial charge in [0.1, 0.15) is 11.6 Å². The summed E-state index contributed by atoms with van der Waals surface area (Å²) in [5.74, 6) is 0.0328. The Balaban J connectivity index is 3.14. The SMILES string of the molecule is COc1cc(F)c(C(N)CO)cc1C. The molecular formula is C10H14FNO2. The first kappa shape index (κ1) is 10.9. The van der Waals surface area contributed by atoms with Gasteiger partial charge in [0.25, 0.3) is 0 Å². The molecule has 0 fully saturated rings. The van der Waals surface area contributed by atoms with E-state index in [9.17, 15) is 4.39 Å². The minimum absolute atomic E-state index is 0.275. The average Bonchev–Trinajstić information content (AvgIpc) is 2.19. The van der Waals surface area contributed by atoms with Gasteiger partial charge in [-0.3, -0.25) is 0 Å². The smallest absolute Gasteiger partial charge is 0.131 e. The van der Waals surface area contributed by atoms with Gasteiger partial charge in [-0.15, -0.1) is 0 Å². The third kappa shape index (κ3) is 2.02. The van der Waals surface area contributed by atoms with Crippen LogP contribution >= 0.6 is 0 Å². The molecule has 1 atom stereocenters. The Bertz CT molecular complexity index is 328.